The van der Waals surface area contributed by atoms with E-state index in [0.717, 1.165) is 13.8 Å². The number of nitrogens with one attached hydrogen (secondary N) is 2. The monoisotopic (exact) mass is 1130 g/mol. The maximum Gasteiger partial charge on any atom is 0.218 e. The molecule has 72 heavy (non-hydrogen) atoms. The Balaban J connectivity index is 1.87. The highest BCUT2D eigenvalue weighted by molar-refractivity contribution is 7.90. The molecule has 0 aromatic carbocycles. The molecule has 41 heteroatoms. The Kier molecular flexibility index (Phi) is 23.9. The number of carbonyl (C=O) groups excluding carboxylic acids is 4. The Morgan fingerprint density at radius 2 is 1.03 bits per heavy atom. The van der Waals surface area contributed by atoms with E-state index in [0.29, 0.717) is 0 Å². The van der Waals surface area contributed by atoms with Crippen molar-refractivity contribution in [1.29, 1.82) is 0 Å². The van der Waals surface area contributed by atoms with Gasteiger partial charge in [-0.25, -0.2) is 16.8 Å². The summed E-state index contributed by atoms with van der Waals surface area (Å²) in [6.07, 6.45) is -42.6. The topological polar surface area (TPSA) is 548 Å². The summed E-state index contributed by atoms with van der Waals surface area (Å²) in [6.45, 7) is 2.50. The van der Waals surface area contributed by atoms with Gasteiger partial charge in [0.05, 0.1) is 31.8 Å². The van der Waals surface area contributed by atoms with Gasteiger partial charge in [-0.3, -0.25) is 36.4 Å². The minimum atomic E-state index is -6.11. The van der Waals surface area contributed by atoms with Crippen LogP contribution in [0.5, 0.6) is 0 Å². The van der Waals surface area contributed by atoms with Crippen molar-refractivity contribution in [3.63, 3.8) is 0 Å². The van der Waals surface area contributed by atoms with E-state index >= 15 is 0 Å². The molecule has 0 aliphatic carbocycles. The molecule has 0 aromatic rings. The van der Waals surface area contributed by atoms with Crippen molar-refractivity contribution in [3.8, 4) is 0 Å². The average molecular weight is 1130 g/mol. The summed E-state index contributed by atoms with van der Waals surface area (Å²) in [4.78, 5) is 50.2. The molecule has 4 saturated heterocycles. The van der Waals surface area contributed by atoms with Gasteiger partial charge >= 0.3 is 0 Å². The summed E-state index contributed by atoms with van der Waals surface area (Å²) in [6, 6.07) is -3.99. The SMILES string of the molecule is C=CCOC1OC(CO)C(O)C(OC2OC(C(=O)[O-])C(OC3OC(CO)C(O)C(OC4OC(C(=O)[O-])C(O)C(OSOO[O-])C4OS(=O)(=O)[O-])C3NC(C)=O)C(OSOO[O-])C2OS(=O)(=O)[O-])C1NC(C)=O. The summed E-state index contributed by atoms with van der Waals surface area (Å²) in [5.74, 6) is -6.74. The fourth-order valence-electron chi connectivity index (χ4n) is 7.35. The maximum atomic E-state index is 13.0. The fourth-order valence-corrected chi connectivity index (χ4v) is 9.03. The molecule has 20 unspecified atom stereocenters. The van der Waals surface area contributed by atoms with E-state index in [-0.39, 0.29) is 6.61 Å². The zero-order valence-corrected chi connectivity index (χ0v) is 39.3. The second-order valence-electron chi connectivity index (χ2n) is 14.8. The van der Waals surface area contributed by atoms with Gasteiger partial charge < -0.3 is 113 Å². The Labute approximate surface area is 412 Å². The molecule has 0 aromatic heterocycles. The standard InChI is InChI=1S/C31H48N2O35S4/c1-4-5-53-28-12(32-8(2)36)17(14(38)10(6-34)54-28)56-31-25(64-72(50,51)52)22(62-70-68-66-46)21(23(60-31)27(43)44)59-29-13(33-9(3)37)18(15(39)11(7-35)55-29)57-30-24(63-71(47,48)49)19(61-69-67-65-45)16(40)20(58-30)26(41)42/h4,10-25,28-31,34-35,38-40,45-46H,1,5-7H2,2-3H3,(H,32,36)(H,33,37)(H,41,42)(H,43,44)(H,47,48,49)(H,50,51,52)/p-6. The molecule has 0 bridgehead atoms. The fraction of sp³-hybridized carbons (Fsp3) is 0.806. The largest absolute Gasteiger partial charge is 0.726 e. The van der Waals surface area contributed by atoms with Crippen molar-refractivity contribution < 1.29 is 165 Å². The second kappa shape index (κ2) is 27.8. The summed E-state index contributed by atoms with van der Waals surface area (Å²) in [5, 5.41) is 111. The van der Waals surface area contributed by atoms with Crippen molar-refractivity contribution in [2.75, 3.05) is 19.8 Å². The van der Waals surface area contributed by atoms with Crippen LogP contribution in [0, 0.1) is 0 Å². The number of aliphatic hydroxyl groups excluding tert-OH is 5. The number of hydrogen-bond acceptors (Lipinski definition) is 37. The highest BCUT2D eigenvalue weighted by Crippen LogP contribution is 2.39. The summed E-state index contributed by atoms with van der Waals surface area (Å²) in [7, 11) is -12.1. The molecular formula is C31H42N2O35S4-6. The highest BCUT2D eigenvalue weighted by Gasteiger charge is 2.59. The Morgan fingerprint density at radius 3 is 1.44 bits per heavy atom. The Bertz CT molecular complexity index is 2030. The van der Waals surface area contributed by atoms with Gasteiger partial charge in [0.1, 0.15) is 85.3 Å². The first-order valence-electron chi connectivity index (χ1n) is 19.7. The number of amides is 2. The van der Waals surface area contributed by atoms with Crippen molar-refractivity contribution >= 4 is 69.2 Å². The van der Waals surface area contributed by atoms with E-state index in [9.17, 15) is 91.4 Å². The van der Waals surface area contributed by atoms with Crippen molar-refractivity contribution in [2.45, 2.75) is 137 Å². The van der Waals surface area contributed by atoms with Crippen LogP contribution in [0.4, 0.5) is 0 Å². The first-order valence-corrected chi connectivity index (χ1v) is 23.7. The van der Waals surface area contributed by atoms with Crippen LogP contribution in [0.25, 0.3) is 0 Å². The van der Waals surface area contributed by atoms with Gasteiger partial charge in [0.15, 0.2) is 62.0 Å². The lowest BCUT2D eigenvalue weighted by Gasteiger charge is -2.51. The van der Waals surface area contributed by atoms with Crippen molar-refractivity contribution in [3.05, 3.63) is 12.7 Å². The van der Waals surface area contributed by atoms with E-state index in [1.165, 1.54) is 6.08 Å². The minimum absolute atomic E-state index is 0.332. The quantitative estimate of drug-likeness (QED) is 0.00764. The van der Waals surface area contributed by atoms with Gasteiger partial charge in [-0.15, -0.1) is 15.2 Å². The molecule has 416 valence electrons. The number of aliphatic carboxylic acids is 2. The first-order chi connectivity index (χ1) is 33.8. The first kappa shape index (κ1) is 61.8. The van der Waals surface area contributed by atoms with Gasteiger partial charge in [-0.1, -0.05) is 6.08 Å². The Hall–Kier alpha value is -2.78. The van der Waals surface area contributed by atoms with Crippen LogP contribution in [0.15, 0.2) is 12.7 Å². The average Bonchev–Trinajstić information content (AvgIpc) is 3.28. The molecule has 4 rings (SSSR count). The smallest absolute Gasteiger partial charge is 0.218 e. The third-order valence-electron chi connectivity index (χ3n) is 10.0. The number of ether oxygens (including phenoxy) is 8. The van der Waals surface area contributed by atoms with Crippen LogP contribution in [0.3, 0.4) is 0 Å². The third kappa shape index (κ3) is 16.6. The third-order valence-corrected chi connectivity index (χ3v) is 11.8. The van der Waals surface area contributed by atoms with E-state index < -0.39 is 205 Å². The van der Waals surface area contributed by atoms with Crippen LogP contribution in [-0.2, 0) is 113 Å². The molecular weight excluding hydrogens is 1090 g/mol. The number of hydrogen-bond donors (Lipinski definition) is 7. The number of carbonyl (C=O) groups is 4. The molecule has 2 amide bonds. The normalized spacial score (nSPS) is 37.6. The van der Waals surface area contributed by atoms with Crippen LogP contribution in [0.1, 0.15) is 13.8 Å². The molecule has 4 aliphatic rings. The van der Waals surface area contributed by atoms with Gasteiger partial charge in [0.25, 0.3) is 0 Å². The van der Waals surface area contributed by atoms with E-state index in [4.69, 9.17) is 46.3 Å². The highest BCUT2D eigenvalue weighted by atomic mass is 32.3. The molecule has 37 nitrogen and oxygen atoms in total. The van der Waals surface area contributed by atoms with Gasteiger partial charge in [0, 0.05) is 13.8 Å². The van der Waals surface area contributed by atoms with Crippen LogP contribution >= 0.6 is 24.6 Å². The lowest BCUT2D eigenvalue weighted by molar-refractivity contribution is -0.778. The lowest BCUT2D eigenvalue weighted by Crippen LogP contribution is -2.72. The number of carboxylic acids is 2. The molecule has 7 N–H and O–H groups in total. The zero-order chi connectivity index (χ0) is 53.8. The number of rotatable bonds is 27. The zero-order valence-electron chi connectivity index (χ0n) is 36.1. The molecule has 0 saturated carbocycles. The predicted octanol–water partition coefficient (Wildman–Crippen LogP) is -12.1. The predicted molar refractivity (Wildman–Crippen MR) is 201 cm³/mol. The molecule has 20 atom stereocenters. The summed E-state index contributed by atoms with van der Waals surface area (Å²) < 4.78 is 144. The van der Waals surface area contributed by atoms with E-state index in [1.807, 2.05) is 0 Å². The van der Waals surface area contributed by atoms with Gasteiger partial charge in [0.2, 0.25) is 32.6 Å². The minimum Gasteiger partial charge on any atom is -0.726 e. The molecule has 0 spiro atoms. The maximum absolute atomic E-state index is 13.0. The van der Waals surface area contributed by atoms with E-state index in [1.54, 1.807) is 0 Å². The molecule has 4 heterocycles. The van der Waals surface area contributed by atoms with E-state index in [2.05, 4.69) is 44.3 Å². The van der Waals surface area contributed by atoms with Crippen LogP contribution in [0.2, 0.25) is 0 Å². The lowest BCUT2D eigenvalue weighted by atomic mass is 9.94. The Morgan fingerprint density at radius 1 is 0.611 bits per heavy atom. The number of carboxylic acid groups (broad SMARTS) is 2. The molecule has 0 radical (unpaired) electrons. The second-order valence-corrected chi connectivity index (χ2v) is 17.7. The van der Waals surface area contributed by atoms with Gasteiger partial charge in [-0.05, 0) is 0 Å². The van der Waals surface area contributed by atoms with Crippen molar-refractivity contribution in [1.82, 2.24) is 10.6 Å². The molecule has 4 aliphatic heterocycles. The number of aliphatic hydroxyl groups is 5. The summed E-state index contributed by atoms with van der Waals surface area (Å²) >= 11 is -1.05. The summed E-state index contributed by atoms with van der Waals surface area (Å²) in [5.41, 5.74) is 0. The van der Waals surface area contributed by atoms with Crippen LogP contribution < -0.4 is 31.4 Å². The van der Waals surface area contributed by atoms with Gasteiger partial charge in [-0.2, -0.15) is 0 Å². The molecule has 4 fully saturated rings. The van der Waals surface area contributed by atoms with Crippen LogP contribution in [-0.4, -0.2) is 218 Å². The van der Waals surface area contributed by atoms with Crippen molar-refractivity contribution in [2.24, 2.45) is 0 Å².